The summed E-state index contributed by atoms with van der Waals surface area (Å²) in [6, 6.07) is 6.60. The van der Waals surface area contributed by atoms with Crippen LogP contribution in [0.3, 0.4) is 0 Å². The largest absolute Gasteiger partial charge is 0.348 e. The van der Waals surface area contributed by atoms with E-state index in [1.807, 2.05) is 11.8 Å². The molecule has 1 N–H and O–H groups in total. The van der Waals surface area contributed by atoms with Crippen molar-refractivity contribution >= 4 is 17.7 Å². The van der Waals surface area contributed by atoms with Crippen LogP contribution in [0.5, 0.6) is 0 Å². The van der Waals surface area contributed by atoms with E-state index in [0.29, 0.717) is 6.54 Å². The van der Waals surface area contributed by atoms with Gasteiger partial charge in [0.05, 0.1) is 18.6 Å². The molecule has 1 saturated heterocycles. The van der Waals surface area contributed by atoms with Gasteiger partial charge in [0.15, 0.2) is 0 Å². The molecule has 4 heteroatoms. The topological polar surface area (TPSA) is 32.3 Å². The number of benzene rings is 1. The summed E-state index contributed by atoms with van der Waals surface area (Å²) >= 11 is 1.88. The molecule has 2 atom stereocenters. The molecule has 0 radical (unpaired) electrons. The Balaban J connectivity index is 1.73. The fraction of sp³-hybridized carbons (Fsp3) is 0.526. The van der Waals surface area contributed by atoms with Gasteiger partial charge < -0.3 is 5.32 Å². The van der Waals surface area contributed by atoms with Crippen LogP contribution < -0.4 is 5.32 Å². The molecule has 0 bridgehead atoms. The average molecular weight is 328 g/mol. The van der Waals surface area contributed by atoms with Crippen molar-refractivity contribution < 1.29 is 4.79 Å². The van der Waals surface area contributed by atoms with Gasteiger partial charge in [-0.1, -0.05) is 30.0 Å². The second-order valence-corrected chi connectivity index (χ2v) is 7.56. The summed E-state index contributed by atoms with van der Waals surface area (Å²) in [6.45, 7) is 3.60. The first-order valence-corrected chi connectivity index (χ1v) is 9.39. The first-order valence-electron chi connectivity index (χ1n) is 8.40. The molecule has 23 heavy (non-hydrogen) atoms. The fourth-order valence-corrected chi connectivity index (χ4v) is 4.63. The van der Waals surface area contributed by atoms with Gasteiger partial charge in [0.25, 0.3) is 0 Å². The van der Waals surface area contributed by atoms with Gasteiger partial charge in [-0.25, -0.2) is 0 Å². The molecule has 1 amide bonds. The molecule has 0 spiro atoms. The predicted octanol–water partition coefficient (Wildman–Crippen LogP) is 3.14. The van der Waals surface area contributed by atoms with Crippen LogP contribution in [-0.4, -0.2) is 35.7 Å². The van der Waals surface area contributed by atoms with Crippen LogP contribution in [0.2, 0.25) is 0 Å². The van der Waals surface area contributed by atoms with E-state index < -0.39 is 0 Å². The van der Waals surface area contributed by atoms with Gasteiger partial charge in [0, 0.05) is 10.6 Å². The molecule has 2 aliphatic heterocycles. The number of hydrogen-bond acceptors (Lipinski definition) is 3. The number of fused-ring (bicyclic) bond motifs is 1. The minimum absolute atomic E-state index is 0.0670. The van der Waals surface area contributed by atoms with E-state index in [2.05, 4.69) is 41.3 Å². The minimum atomic E-state index is -0.0670. The zero-order valence-electron chi connectivity index (χ0n) is 13.7. The van der Waals surface area contributed by atoms with Crippen LogP contribution in [0.25, 0.3) is 0 Å². The highest BCUT2D eigenvalue weighted by atomic mass is 32.2. The van der Waals surface area contributed by atoms with Crippen LogP contribution in [0.15, 0.2) is 23.1 Å². The van der Waals surface area contributed by atoms with Gasteiger partial charge >= 0.3 is 0 Å². The maximum Gasteiger partial charge on any atom is 0.237 e. The van der Waals surface area contributed by atoms with Crippen molar-refractivity contribution in [3.63, 3.8) is 0 Å². The van der Waals surface area contributed by atoms with Crippen LogP contribution >= 0.6 is 11.8 Å². The SMILES string of the molecule is C#CCN1CCCC[C@H]1C(=O)N[C@@H]1CCSc2ccc(C)cc21. The van der Waals surface area contributed by atoms with Crippen molar-refractivity contribution in [2.75, 3.05) is 18.8 Å². The van der Waals surface area contributed by atoms with Gasteiger partial charge in [0.2, 0.25) is 5.91 Å². The number of nitrogens with one attached hydrogen (secondary N) is 1. The Bertz CT molecular complexity index is 622. The number of aryl methyl sites for hydroxylation is 1. The second kappa shape index (κ2) is 7.42. The maximum atomic E-state index is 12.8. The molecule has 3 rings (SSSR count). The Kier molecular flexibility index (Phi) is 5.30. The zero-order valence-corrected chi connectivity index (χ0v) is 14.5. The molecule has 0 aliphatic carbocycles. The van der Waals surface area contributed by atoms with Crippen molar-refractivity contribution in [1.82, 2.24) is 10.2 Å². The average Bonchev–Trinajstić information content (AvgIpc) is 2.56. The van der Waals surface area contributed by atoms with Gasteiger partial charge in [-0.3, -0.25) is 9.69 Å². The third kappa shape index (κ3) is 3.73. The Morgan fingerprint density at radius 2 is 2.30 bits per heavy atom. The Hall–Kier alpha value is -1.44. The van der Waals surface area contributed by atoms with E-state index in [1.54, 1.807) is 0 Å². The lowest BCUT2D eigenvalue weighted by Crippen LogP contribution is -2.50. The molecule has 2 aliphatic rings. The van der Waals surface area contributed by atoms with Crippen LogP contribution in [0.1, 0.15) is 42.9 Å². The quantitative estimate of drug-likeness (QED) is 0.865. The molecular weight excluding hydrogens is 304 g/mol. The number of rotatable bonds is 3. The van der Waals surface area contributed by atoms with E-state index in [9.17, 15) is 4.79 Å². The highest BCUT2D eigenvalue weighted by Gasteiger charge is 2.31. The summed E-state index contributed by atoms with van der Waals surface area (Å²) in [5.41, 5.74) is 2.52. The van der Waals surface area contributed by atoms with Crippen LogP contribution in [0, 0.1) is 19.3 Å². The summed E-state index contributed by atoms with van der Waals surface area (Å²) in [5, 5.41) is 3.30. The summed E-state index contributed by atoms with van der Waals surface area (Å²) in [6.07, 6.45) is 9.61. The standard InChI is InChI=1S/C19H24N2OS/c1-3-10-21-11-5-4-6-17(21)19(22)20-16-9-12-23-18-8-7-14(2)13-15(16)18/h1,7-8,13,16-17H,4-6,9-12H2,2H3,(H,20,22)/t16-,17+/m1/s1. The normalized spacial score (nSPS) is 24.5. The number of terminal acetylenes is 1. The summed E-state index contributed by atoms with van der Waals surface area (Å²) < 4.78 is 0. The molecule has 1 fully saturated rings. The molecule has 0 saturated carbocycles. The van der Waals surface area contributed by atoms with Crippen molar-refractivity contribution in [1.29, 1.82) is 0 Å². The van der Waals surface area contributed by atoms with Gasteiger partial charge in [0.1, 0.15) is 0 Å². The van der Waals surface area contributed by atoms with Crippen molar-refractivity contribution in [2.45, 2.75) is 49.6 Å². The van der Waals surface area contributed by atoms with Gasteiger partial charge in [-0.15, -0.1) is 18.2 Å². The Morgan fingerprint density at radius 3 is 3.13 bits per heavy atom. The smallest absolute Gasteiger partial charge is 0.237 e. The molecule has 1 aromatic carbocycles. The number of carbonyl (C=O) groups excluding carboxylic acids is 1. The third-order valence-electron chi connectivity index (χ3n) is 4.73. The molecule has 3 nitrogen and oxygen atoms in total. The summed E-state index contributed by atoms with van der Waals surface area (Å²) in [7, 11) is 0. The van der Waals surface area contributed by atoms with E-state index in [1.165, 1.54) is 16.0 Å². The number of amides is 1. The van der Waals surface area contributed by atoms with Crippen LogP contribution in [0.4, 0.5) is 0 Å². The zero-order chi connectivity index (χ0) is 16.2. The maximum absolute atomic E-state index is 12.8. The van der Waals surface area contributed by atoms with Gasteiger partial charge in [-0.2, -0.15) is 0 Å². The first-order chi connectivity index (χ1) is 11.2. The number of piperidine rings is 1. The molecule has 122 valence electrons. The van der Waals surface area contributed by atoms with Crippen molar-refractivity contribution in [2.24, 2.45) is 0 Å². The number of likely N-dealkylation sites (tertiary alicyclic amines) is 1. The highest BCUT2D eigenvalue weighted by Crippen LogP contribution is 2.36. The molecule has 0 unspecified atom stereocenters. The summed E-state index contributed by atoms with van der Waals surface area (Å²) in [5.74, 6) is 3.89. The molecule has 0 aromatic heterocycles. The number of thioether (sulfide) groups is 1. The summed E-state index contributed by atoms with van der Waals surface area (Å²) in [4.78, 5) is 16.3. The highest BCUT2D eigenvalue weighted by molar-refractivity contribution is 7.99. The number of carbonyl (C=O) groups is 1. The van der Waals surface area contributed by atoms with Crippen molar-refractivity contribution in [3.05, 3.63) is 29.3 Å². The van der Waals surface area contributed by atoms with E-state index in [0.717, 1.165) is 38.0 Å². The van der Waals surface area contributed by atoms with Crippen LogP contribution in [-0.2, 0) is 4.79 Å². The lowest BCUT2D eigenvalue weighted by atomic mass is 9.98. The Labute approximate surface area is 143 Å². The van der Waals surface area contributed by atoms with E-state index in [-0.39, 0.29) is 18.0 Å². The molecule has 2 heterocycles. The fourth-order valence-electron chi connectivity index (χ4n) is 3.53. The number of hydrogen-bond donors (Lipinski definition) is 1. The van der Waals surface area contributed by atoms with Gasteiger partial charge in [-0.05, 0) is 44.4 Å². The minimum Gasteiger partial charge on any atom is -0.348 e. The first kappa shape index (κ1) is 16.4. The van der Waals surface area contributed by atoms with E-state index in [4.69, 9.17) is 6.42 Å². The van der Waals surface area contributed by atoms with Crippen molar-refractivity contribution in [3.8, 4) is 12.3 Å². The lowest BCUT2D eigenvalue weighted by molar-refractivity contribution is -0.128. The van der Waals surface area contributed by atoms with E-state index >= 15 is 0 Å². The third-order valence-corrected chi connectivity index (χ3v) is 5.85. The second-order valence-electron chi connectivity index (χ2n) is 6.43. The molecular formula is C19H24N2OS. The Morgan fingerprint density at radius 1 is 1.43 bits per heavy atom. The lowest BCUT2D eigenvalue weighted by Gasteiger charge is -2.35. The monoisotopic (exact) mass is 328 g/mol. The number of nitrogens with zero attached hydrogens (tertiary/aromatic N) is 1. The molecule has 1 aromatic rings. The predicted molar refractivity (Wildman–Crippen MR) is 95.4 cm³/mol.